The van der Waals surface area contributed by atoms with Gasteiger partial charge in [0.25, 0.3) is 8.32 Å². The third-order valence-electron chi connectivity index (χ3n) is 5.19. The van der Waals surface area contributed by atoms with Crippen molar-refractivity contribution in [2.24, 2.45) is 5.92 Å². The average molecular weight is 369 g/mol. The second-order valence-electron chi connectivity index (χ2n) is 8.92. The van der Waals surface area contributed by atoms with Gasteiger partial charge in [0.2, 0.25) is 0 Å². The molecule has 2 rings (SSSR count). The van der Waals surface area contributed by atoms with E-state index in [0.717, 1.165) is 12.3 Å². The Kier molecular flexibility index (Phi) is 7.25. The minimum Gasteiger partial charge on any atom is -0.405 e. The van der Waals surface area contributed by atoms with Crippen molar-refractivity contribution < 1.29 is 4.43 Å². The minimum atomic E-state index is -2.39. The quantitative estimate of drug-likeness (QED) is 0.537. The zero-order valence-electron chi connectivity index (χ0n) is 17.5. The van der Waals surface area contributed by atoms with Crippen molar-refractivity contribution in [2.75, 3.05) is 0 Å². The zero-order chi connectivity index (χ0) is 19.2. The lowest BCUT2D eigenvalue weighted by atomic mass is 10.1. The van der Waals surface area contributed by atoms with Crippen LogP contribution in [0.25, 0.3) is 0 Å². The van der Waals surface area contributed by atoms with Crippen molar-refractivity contribution in [3.8, 4) is 0 Å². The number of rotatable bonds is 8. The first kappa shape index (κ1) is 20.9. The molecule has 1 atom stereocenters. The van der Waals surface area contributed by atoms with Crippen LogP contribution >= 0.6 is 0 Å². The molecule has 0 saturated heterocycles. The third kappa shape index (κ3) is 4.86. The van der Waals surface area contributed by atoms with Gasteiger partial charge in [0.15, 0.2) is 0 Å². The summed E-state index contributed by atoms with van der Waals surface area (Å²) in [6.07, 6.45) is 3.90. The largest absolute Gasteiger partial charge is 0.405 e. The fraction of sp³-hybridized carbons (Fsp3) is 0.500. The molecule has 0 heterocycles. The van der Waals surface area contributed by atoms with Gasteiger partial charge in [0, 0.05) is 6.10 Å². The van der Waals surface area contributed by atoms with Crippen molar-refractivity contribution in [2.45, 2.75) is 71.9 Å². The number of hydrogen-bond donors (Lipinski definition) is 0. The molecule has 26 heavy (non-hydrogen) atoms. The van der Waals surface area contributed by atoms with Crippen LogP contribution in [0, 0.1) is 5.92 Å². The van der Waals surface area contributed by atoms with Gasteiger partial charge in [-0.3, -0.25) is 0 Å². The van der Waals surface area contributed by atoms with Gasteiger partial charge in [-0.1, -0.05) is 108 Å². The van der Waals surface area contributed by atoms with Crippen LogP contribution in [0.5, 0.6) is 0 Å². The standard InChI is InChI=1S/C24H36OSi/c1-20(2)14-13-15-21(3)25-26(24(4,5)6,22-16-9-7-10-17-22)23-18-11-8-12-19-23/h7-12,16-21H,13-15H2,1-6H3/t21-/m0/s1. The summed E-state index contributed by atoms with van der Waals surface area (Å²) >= 11 is 0. The summed E-state index contributed by atoms with van der Waals surface area (Å²) < 4.78 is 7.10. The van der Waals surface area contributed by atoms with Gasteiger partial charge in [0.1, 0.15) is 0 Å². The van der Waals surface area contributed by atoms with Gasteiger partial charge in [-0.15, -0.1) is 0 Å². The van der Waals surface area contributed by atoms with Crippen molar-refractivity contribution in [1.29, 1.82) is 0 Å². The Balaban J connectivity index is 2.44. The molecule has 1 nitrogen and oxygen atoms in total. The SMILES string of the molecule is CC(C)CCC[C@H](C)O[Si](c1ccccc1)(c1ccccc1)C(C)(C)C. The van der Waals surface area contributed by atoms with Crippen LogP contribution in [0.3, 0.4) is 0 Å². The van der Waals surface area contributed by atoms with E-state index in [4.69, 9.17) is 4.43 Å². The van der Waals surface area contributed by atoms with Gasteiger partial charge < -0.3 is 4.43 Å². The Labute approximate surface area is 161 Å². The summed E-state index contributed by atoms with van der Waals surface area (Å²) in [6.45, 7) is 13.9. The molecular formula is C24H36OSi. The minimum absolute atomic E-state index is 0.0576. The highest BCUT2D eigenvalue weighted by Crippen LogP contribution is 2.37. The van der Waals surface area contributed by atoms with E-state index in [2.05, 4.69) is 102 Å². The van der Waals surface area contributed by atoms with Crippen LogP contribution in [0.1, 0.15) is 60.8 Å². The smallest absolute Gasteiger partial charge is 0.261 e. The second-order valence-corrected chi connectivity index (χ2v) is 13.2. The lowest BCUT2D eigenvalue weighted by Gasteiger charge is -2.44. The van der Waals surface area contributed by atoms with Gasteiger partial charge in [-0.2, -0.15) is 0 Å². The van der Waals surface area contributed by atoms with E-state index in [-0.39, 0.29) is 11.1 Å². The molecule has 0 spiro atoms. The number of benzene rings is 2. The van der Waals surface area contributed by atoms with Crippen LogP contribution in [-0.2, 0) is 4.43 Å². The molecule has 0 aromatic heterocycles. The van der Waals surface area contributed by atoms with Gasteiger partial charge in [-0.25, -0.2) is 0 Å². The highest BCUT2D eigenvalue weighted by molar-refractivity contribution is 6.99. The van der Waals surface area contributed by atoms with Crippen LogP contribution in [-0.4, -0.2) is 14.4 Å². The number of hydrogen-bond acceptors (Lipinski definition) is 1. The summed E-state index contributed by atoms with van der Waals surface area (Å²) in [5.74, 6) is 0.759. The predicted octanol–water partition coefficient (Wildman–Crippen LogP) is 5.78. The lowest BCUT2D eigenvalue weighted by molar-refractivity contribution is 0.190. The molecule has 2 aromatic rings. The van der Waals surface area contributed by atoms with Crippen LogP contribution in [0.4, 0.5) is 0 Å². The molecular weight excluding hydrogens is 332 g/mol. The first-order chi connectivity index (χ1) is 12.3. The third-order valence-corrected chi connectivity index (χ3v) is 10.3. The van der Waals surface area contributed by atoms with E-state index in [1.54, 1.807) is 0 Å². The van der Waals surface area contributed by atoms with E-state index >= 15 is 0 Å². The molecule has 142 valence electrons. The molecule has 0 fully saturated rings. The highest BCUT2D eigenvalue weighted by atomic mass is 28.4. The molecule has 2 aromatic carbocycles. The molecule has 2 heteroatoms. The summed E-state index contributed by atoms with van der Waals surface area (Å²) in [5.41, 5.74) is 0. The summed E-state index contributed by atoms with van der Waals surface area (Å²) in [7, 11) is -2.39. The van der Waals surface area contributed by atoms with Crippen molar-refractivity contribution >= 4 is 18.7 Å². The summed E-state index contributed by atoms with van der Waals surface area (Å²) in [5, 5.41) is 2.80. The molecule has 0 radical (unpaired) electrons. The first-order valence-electron chi connectivity index (χ1n) is 10.1. The van der Waals surface area contributed by atoms with Gasteiger partial charge in [-0.05, 0) is 34.7 Å². The van der Waals surface area contributed by atoms with Crippen molar-refractivity contribution in [3.63, 3.8) is 0 Å². The summed E-state index contributed by atoms with van der Waals surface area (Å²) in [4.78, 5) is 0. The van der Waals surface area contributed by atoms with Gasteiger partial charge >= 0.3 is 0 Å². The summed E-state index contributed by atoms with van der Waals surface area (Å²) in [6, 6.07) is 21.9. The topological polar surface area (TPSA) is 9.23 Å². The normalized spacial score (nSPS) is 13.8. The lowest BCUT2D eigenvalue weighted by Crippen LogP contribution is -2.67. The van der Waals surface area contributed by atoms with E-state index in [1.165, 1.54) is 23.2 Å². The van der Waals surface area contributed by atoms with Crippen molar-refractivity contribution in [3.05, 3.63) is 60.7 Å². The molecule has 0 bridgehead atoms. The van der Waals surface area contributed by atoms with Crippen molar-refractivity contribution in [1.82, 2.24) is 0 Å². The molecule has 0 saturated carbocycles. The van der Waals surface area contributed by atoms with E-state index in [9.17, 15) is 0 Å². The Bertz CT molecular complexity index is 603. The molecule has 0 aliphatic carbocycles. The maximum atomic E-state index is 7.10. The maximum absolute atomic E-state index is 7.10. The highest BCUT2D eigenvalue weighted by Gasteiger charge is 2.50. The Morgan fingerprint density at radius 2 is 1.23 bits per heavy atom. The Hall–Kier alpha value is -1.38. The van der Waals surface area contributed by atoms with E-state index in [0.29, 0.717) is 0 Å². The fourth-order valence-corrected chi connectivity index (χ4v) is 8.60. The van der Waals surface area contributed by atoms with Crippen LogP contribution < -0.4 is 10.4 Å². The molecule has 0 amide bonds. The van der Waals surface area contributed by atoms with E-state index in [1.807, 2.05) is 0 Å². The molecule has 0 aliphatic rings. The second kappa shape index (κ2) is 9.01. The monoisotopic (exact) mass is 368 g/mol. The van der Waals surface area contributed by atoms with Crippen LogP contribution in [0.2, 0.25) is 5.04 Å². The Morgan fingerprint density at radius 1 is 0.769 bits per heavy atom. The maximum Gasteiger partial charge on any atom is 0.261 e. The zero-order valence-corrected chi connectivity index (χ0v) is 18.5. The van der Waals surface area contributed by atoms with E-state index < -0.39 is 8.32 Å². The predicted molar refractivity (Wildman–Crippen MR) is 117 cm³/mol. The Morgan fingerprint density at radius 3 is 1.62 bits per heavy atom. The molecule has 0 N–H and O–H groups in total. The van der Waals surface area contributed by atoms with Crippen LogP contribution in [0.15, 0.2) is 60.7 Å². The molecule has 0 aliphatic heterocycles. The first-order valence-corrected chi connectivity index (χ1v) is 12.0. The average Bonchev–Trinajstić information content (AvgIpc) is 2.60. The fourth-order valence-electron chi connectivity index (χ4n) is 3.87. The van der Waals surface area contributed by atoms with Gasteiger partial charge in [0.05, 0.1) is 0 Å². The molecule has 0 unspecified atom stereocenters.